The highest BCUT2D eigenvalue weighted by Gasteiger charge is 2.34. The van der Waals surface area contributed by atoms with Crippen LogP contribution in [0, 0.1) is 0 Å². The number of anilines is 2. The van der Waals surface area contributed by atoms with E-state index in [1.807, 2.05) is 17.9 Å². The Morgan fingerprint density at radius 1 is 1.19 bits per heavy atom. The van der Waals surface area contributed by atoms with Gasteiger partial charge in [-0.25, -0.2) is 15.3 Å². The molecular weight excluding hydrogens is 409 g/mol. The number of benzene rings is 1. The summed E-state index contributed by atoms with van der Waals surface area (Å²) in [4.78, 5) is 25.2. The molecule has 1 aromatic carbocycles. The highest BCUT2D eigenvalue weighted by Crippen LogP contribution is 2.37. The summed E-state index contributed by atoms with van der Waals surface area (Å²) in [5.41, 5.74) is 0.614. The normalized spacial score (nSPS) is 15.5. The van der Waals surface area contributed by atoms with Crippen LogP contribution in [0.2, 0.25) is 0 Å². The zero-order chi connectivity index (χ0) is 22.0. The quantitative estimate of drug-likeness (QED) is 0.619. The smallest absolute Gasteiger partial charge is 0.366 e. The fourth-order valence-electron chi connectivity index (χ4n) is 3.45. The standard InChI is InChI=1S/C21H20F3N6O/c1-2-8-30-18(29-17-19(30)27-12-28-20(17)31)14-6-7-16(26-11-14)25-10-13-4-3-5-15(9-13)21(22,23)24/h3-7,9,11-12,18H,2,8,10H2,1H3,(H,25,26)(H,27,28,31). The summed E-state index contributed by atoms with van der Waals surface area (Å²) in [5.74, 6) is 1.07. The number of fused-ring (bicyclic) bond motifs is 1. The van der Waals surface area contributed by atoms with E-state index in [0.717, 1.165) is 24.1 Å². The highest BCUT2D eigenvalue weighted by atomic mass is 19.4. The van der Waals surface area contributed by atoms with Crippen LogP contribution >= 0.6 is 0 Å². The number of halogens is 3. The SMILES string of the molecule is CCCN1c2nc[nH]c(=O)c2[N]C1c1ccc(NCc2cccc(C(F)(F)F)c2)nc1. The van der Waals surface area contributed by atoms with Crippen LogP contribution in [0.1, 0.15) is 36.2 Å². The van der Waals surface area contributed by atoms with Gasteiger partial charge in [-0.1, -0.05) is 19.1 Å². The Morgan fingerprint density at radius 2 is 2.03 bits per heavy atom. The number of aromatic amines is 1. The van der Waals surface area contributed by atoms with Crippen LogP contribution in [0.4, 0.5) is 30.5 Å². The molecule has 0 saturated heterocycles. The molecule has 3 heterocycles. The van der Waals surface area contributed by atoms with Gasteiger partial charge in [-0.05, 0) is 36.2 Å². The lowest BCUT2D eigenvalue weighted by Crippen LogP contribution is -2.29. The molecule has 0 fully saturated rings. The molecule has 2 aromatic heterocycles. The van der Waals surface area contributed by atoms with E-state index in [1.165, 1.54) is 12.4 Å². The second-order valence-electron chi connectivity index (χ2n) is 7.13. The van der Waals surface area contributed by atoms with Gasteiger partial charge in [0.1, 0.15) is 5.82 Å². The Bertz CT molecular complexity index is 1110. The highest BCUT2D eigenvalue weighted by molar-refractivity contribution is 5.66. The first-order valence-corrected chi connectivity index (χ1v) is 9.78. The van der Waals surface area contributed by atoms with E-state index in [4.69, 9.17) is 0 Å². The number of rotatable bonds is 6. The Balaban J connectivity index is 1.47. The summed E-state index contributed by atoms with van der Waals surface area (Å²) < 4.78 is 38.6. The molecule has 1 aliphatic heterocycles. The molecule has 1 atom stereocenters. The first-order valence-electron chi connectivity index (χ1n) is 9.78. The van der Waals surface area contributed by atoms with Gasteiger partial charge in [0.2, 0.25) is 0 Å². The number of aromatic nitrogens is 3. The molecule has 4 rings (SSSR count). The maximum atomic E-state index is 12.9. The molecule has 0 saturated carbocycles. The molecule has 0 spiro atoms. The number of alkyl halides is 3. The summed E-state index contributed by atoms with van der Waals surface area (Å²) in [6.07, 6.45) is -0.925. The molecule has 3 aromatic rings. The number of hydrogen-bond acceptors (Lipinski definition) is 5. The van der Waals surface area contributed by atoms with Gasteiger partial charge in [0.05, 0.1) is 11.9 Å². The largest absolute Gasteiger partial charge is 0.416 e. The topological polar surface area (TPSA) is 88.0 Å². The van der Waals surface area contributed by atoms with Crippen LogP contribution in [0.25, 0.3) is 0 Å². The second kappa shape index (κ2) is 8.29. The number of H-pyrrole nitrogens is 1. The van der Waals surface area contributed by atoms with Crippen molar-refractivity contribution in [3.05, 3.63) is 76.0 Å². The molecule has 1 unspecified atom stereocenters. The van der Waals surface area contributed by atoms with E-state index >= 15 is 0 Å². The van der Waals surface area contributed by atoms with Gasteiger partial charge in [0.15, 0.2) is 17.7 Å². The van der Waals surface area contributed by atoms with Gasteiger partial charge in [0.25, 0.3) is 5.56 Å². The van der Waals surface area contributed by atoms with Crippen LogP contribution in [-0.2, 0) is 12.7 Å². The van der Waals surface area contributed by atoms with E-state index in [2.05, 4.69) is 25.6 Å². The number of nitrogens with zero attached hydrogens (tertiary/aromatic N) is 4. The zero-order valence-corrected chi connectivity index (χ0v) is 16.6. The fraction of sp³-hybridized carbons (Fsp3) is 0.286. The zero-order valence-electron chi connectivity index (χ0n) is 16.6. The van der Waals surface area contributed by atoms with E-state index in [1.54, 1.807) is 18.3 Å². The van der Waals surface area contributed by atoms with Crippen LogP contribution in [0.15, 0.2) is 53.7 Å². The van der Waals surface area contributed by atoms with Gasteiger partial charge in [-0.2, -0.15) is 13.2 Å². The van der Waals surface area contributed by atoms with Crippen molar-refractivity contribution in [3.63, 3.8) is 0 Å². The molecule has 7 nitrogen and oxygen atoms in total. The molecule has 31 heavy (non-hydrogen) atoms. The van der Waals surface area contributed by atoms with E-state index in [-0.39, 0.29) is 12.1 Å². The molecule has 10 heteroatoms. The van der Waals surface area contributed by atoms with E-state index < -0.39 is 17.9 Å². The minimum Gasteiger partial charge on any atom is -0.366 e. The van der Waals surface area contributed by atoms with E-state index in [0.29, 0.717) is 29.4 Å². The predicted octanol–water partition coefficient (Wildman–Crippen LogP) is 3.96. The van der Waals surface area contributed by atoms with Crippen molar-refractivity contribution in [1.29, 1.82) is 0 Å². The van der Waals surface area contributed by atoms with Gasteiger partial charge < -0.3 is 15.2 Å². The van der Waals surface area contributed by atoms with Crippen LogP contribution in [-0.4, -0.2) is 21.5 Å². The molecule has 1 aliphatic rings. The maximum Gasteiger partial charge on any atom is 0.416 e. The molecule has 0 aliphatic carbocycles. The summed E-state index contributed by atoms with van der Waals surface area (Å²) in [6, 6.07) is 8.73. The van der Waals surface area contributed by atoms with Crippen LogP contribution in [0.5, 0.6) is 0 Å². The molecule has 1 radical (unpaired) electrons. The van der Waals surface area contributed by atoms with Gasteiger partial charge in [-0.3, -0.25) is 4.79 Å². The minimum absolute atomic E-state index is 0.205. The third-order valence-corrected chi connectivity index (χ3v) is 4.90. The molecule has 161 valence electrons. The van der Waals surface area contributed by atoms with Gasteiger partial charge in [0, 0.05) is 24.8 Å². The first kappa shape index (κ1) is 20.7. The Morgan fingerprint density at radius 3 is 2.74 bits per heavy atom. The lowest BCUT2D eigenvalue weighted by molar-refractivity contribution is -0.137. The average Bonchev–Trinajstić information content (AvgIpc) is 3.12. The monoisotopic (exact) mass is 429 g/mol. The van der Waals surface area contributed by atoms with Crippen molar-refractivity contribution in [2.24, 2.45) is 0 Å². The van der Waals surface area contributed by atoms with Gasteiger partial charge in [-0.15, -0.1) is 0 Å². The van der Waals surface area contributed by atoms with E-state index in [9.17, 15) is 18.0 Å². The summed E-state index contributed by atoms with van der Waals surface area (Å²) in [5, 5.41) is 7.56. The molecule has 0 bridgehead atoms. The third kappa shape index (κ3) is 4.32. The number of nitrogens with one attached hydrogen (secondary N) is 2. The molecule has 0 amide bonds. The number of pyridine rings is 1. The number of hydrogen-bond donors (Lipinski definition) is 2. The summed E-state index contributed by atoms with van der Waals surface area (Å²) in [6.45, 7) is 2.91. The van der Waals surface area contributed by atoms with Gasteiger partial charge >= 0.3 is 6.18 Å². The van der Waals surface area contributed by atoms with Crippen molar-refractivity contribution in [2.45, 2.75) is 32.2 Å². The average molecular weight is 429 g/mol. The maximum absolute atomic E-state index is 12.9. The second-order valence-corrected chi connectivity index (χ2v) is 7.13. The van der Waals surface area contributed by atoms with Crippen molar-refractivity contribution in [3.8, 4) is 0 Å². The Labute approximate surface area is 176 Å². The minimum atomic E-state index is -4.38. The molecular formula is C21H20F3N6O. The van der Waals surface area contributed by atoms with Crippen molar-refractivity contribution in [2.75, 3.05) is 16.8 Å². The lowest BCUT2D eigenvalue weighted by Gasteiger charge is -2.24. The van der Waals surface area contributed by atoms with Crippen molar-refractivity contribution >= 4 is 17.3 Å². The van der Waals surface area contributed by atoms with Crippen LogP contribution < -0.4 is 21.1 Å². The Kier molecular flexibility index (Phi) is 5.53. The lowest BCUT2D eigenvalue weighted by atomic mass is 10.1. The van der Waals surface area contributed by atoms with Crippen molar-refractivity contribution in [1.82, 2.24) is 20.3 Å². The fourth-order valence-corrected chi connectivity index (χ4v) is 3.45. The Hall–Kier alpha value is -3.56. The van der Waals surface area contributed by atoms with Crippen molar-refractivity contribution < 1.29 is 13.2 Å². The molecule has 2 N–H and O–H groups in total. The first-order chi connectivity index (χ1) is 14.9. The predicted molar refractivity (Wildman–Crippen MR) is 110 cm³/mol. The summed E-state index contributed by atoms with van der Waals surface area (Å²) >= 11 is 0. The summed E-state index contributed by atoms with van der Waals surface area (Å²) in [7, 11) is 0. The third-order valence-electron chi connectivity index (χ3n) is 4.90. The van der Waals surface area contributed by atoms with Crippen LogP contribution in [0.3, 0.4) is 0 Å².